The van der Waals surface area contributed by atoms with Crippen LogP contribution in [-0.2, 0) is 24.4 Å². The number of tetrazole rings is 1. The summed E-state index contributed by atoms with van der Waals surface area (Å²) >= 11 is 0. The minimum atomic E-state index is -0.106. The summed E-state index contributed by atoms with van der Waals surface area (Å²) in [4.78, 5) is 18.4. The molecular weight excluding hydrogens is 444 g/mol. The third-order valence-corrected chi connectivity index (χ3v) is 6.79. The van der Waals surface area contributed by atoms with Gasteiger partial charge in [0.05, 0.1) is 31.5 Å². The highest BCUT2D eigenvalue weighted by molar-refractivity contribution is 5.83. The molecule has 5 rings (SSSR count). The van der Waals surface area contributed by atoms with Crippen molar-refractivity contribution in [3.8, 4) is 0 Å². The average molecular weight is 477 g/mol. The van der Waals surface area contributed by atoms with Gasteiger partial charge in [0.25, 0.3) is 5.56 Å². The van der Waals surface area contributed by atoms with Gasteiger partial charge in [-0.3, -0.25) is 9.69 Å². The fourth-order valence-corrected chi connectivity index (χ4v) is 5.10. The summed E-state index contributed by atoms with van der Waals surface area (Å²) in [6.07, 6.45) is 4.65. The van der Waals surface area contributed by atoms with Gasteiger partial charge in [-0.15, -0.1) is 5.10 Å². The van der Waals surface area contributed by atoms with Crippen molar-refractivity contribution >= 4 is 10.9 Å². The summed E-state index contributed by atoms with van der Waals surface area (Å²) in [6, 6.07) is 9.89. The highest BCUT2D eigenvalue weighted by Gasteiger charge is 2.28. The van der Waals surface area contributed by atoms with Gasteiger partial charge in [0.1, 0.15) is 5.76 Å². The predicted octanol–water partition coefficient (Wildman–Crippen LogP) is 4.06. The summed E-state index contributed by atoms with van der Waals surface area (Å²) in [5.41, 5.74) is 3.75. The molecule has 0 aliphatic carbocycles. The van der Waals surface area contributed by atoms with E-state index in [0.717, 1.165) is 59.5 Å². The number of aromatic nitrogens is 5. The second kappa shape index (κ2) is 10.1. The molecule has 1 aliphatic rings. The van der Waals surface area contributed by atoms with Gasteiger partial charge in [-0.1, -0.05) is 13.0 Å². The Labute approximate surface area is 204 Å². The minimum Gasteiger partial charge on any atom is -0.468 e. The standard InChI is InChI=1S/C26H32N6O3/c1-4-24(25-28-29-30-32(25)16-21-8-6-10-35-21)31(15-20-7-5-9-34-20)14-19-13-22-18(3)11-17(2)12-23(22)27-26(19)33/h5,7,9,11-13,21,24H,4,6,8,10,14-16H2,1-3H3,(H,27,33)/t21-,24-/m1/s1. The normalized spacial score (nSPS) is 17.0. The van der Waals surface area contributed by atoms with E-state index in [0.29, 0.717) is 25.2 Å². The second-order valence-electron chi connectivity index (χ2n) is 9.43. The summed E-state index contributed by atoms with van der Waals surface area (Å²) < 4.78 is 13.4. The molecule has 0 amide bonds. The highest BCUT2D eigenvalue weighted by Crippen LogP contribution is 2.28. The SMILES string of the molecule is CC[C@H](c1nnnn1C[C@H]1CCCO1)N(Cc1ccco1)Cc1cc2c(C)cc(C)cc2[nH]c1=O. The van der Waals surface area contributed by atoms with Crippen LogP contribution in [0.25, 0.3) is 10.9 Å². The second-order valence-corrected chi connectivity index (χ2v) is 9.43. The monoisotopic (exact) mass is 476 g/mol. The molecule has 0 saturated carbocycles. The molecule has 9 nitrogen and oxygen atoms in total. The van der Waals surface area contributed by atoms with E-state index < -0.39 is 0 Å². The van der Waals surface area contributed by atoms with E-state index in [9.17, 15) is 4.79 Å². The molecule has 1 fully saturated rings. The zero-order chi connectivity index (χ0) is 24.4. The number of aryl methyl sites for hydroxylation is 2. The first-order chi connectivity index (χ1) is 17.0. The number of rotatable bonds is 9. The molecule has 1 saturated heterocycles. The van der Waals surface area contributed by atoms with Crippen LogP contribution in [0.2, 0.25) is 0 Å². The lowest BCUT2D eigenvalue weighted by atomic mass is 10.0. The number of benzene rings is 1. The van der Waals surface area contributed by atoms with E-state index in [-0.39, 0.29) is 17.7 Å². The number of nitrogens with one attached hydrogen (secondary N) is 1. The van der Waals surface area contributed by atoms with Crippen LogP contribution >= 0.6 is 0 Å². The average Bonchev–Trinajstić information content (AvgIpc) is 3.60. The van der Waals surface area contributed by atoms with Crippen LogP contribution < -0.4 is 5.56 Å². The van der Waals surface area contributed by atoms with Crippen LogP contribution in [0.4, 0.5) is 0 Å². The van der Waals surface area contributed by atoms with E-state index in [4.69, 9.17) is 9.15 Å². The van der Waals surface area contributed by atoms with Crippen molar-refractivity contribution in [2.75, 3.05) is 6.61 Å². The predicted molar refractivity (Wildman–Crippen MR) is 132 cm³/mol. The Morgan fingerprint density at radius 2 is 2.14 bits per heavy atom. The van der Waals surface area contributed by atoms with Gasteiger partial charge in [-0.2, -0.15) is 0 Å². The van der Waals surface area contributed by atoms with E-state index >= 15 is 0 Å². The van der Waals surface area contributed by atoms with Crippen molar-refractivity contribution in [1.29, 1.82) is 0 Å². The number of ether oxygens (including phenoxy) is 1. The molecule has 1 aromatic carbocycles. The third kappa shape index (κ3) is 5.06. The first kappa shape index (κ1) is 23.4. The molecule has 4 heterocycles. The quantitative estimate of drug-likeness (QED) is 0.389. The number of hydrogen-bond donors (Lipinski definition) is 1. The van der Waals surface area contributed by atoms with Crippen LogP contribution in [0.5, 0.6) is 0 Å². The number of furan rings is 1. The molecule has 0 spiro atoms. The Hall–Kier alpha value is -3.30. The Morgan fingerprint density at radius 3 is 2.89 bits per heavy atom. The van der Waals surface area contributed by atoms with Crippen molar-refractivity contribution in [2.24, 2.45) is 0 Å². The maximum Gasteiger partial charge on any atom is 0.252 e. The molecule has 0 bridgehead atoms. The van der Waals surface area contributed by atoms with Crippen molar-refractivity contribution in [3.05, 3.63) is 75.2 Å². The zero-order valence-electron chi connectivity index (χ0n) is 20.5. The highest BCUT2D eigenvalue weighted by atomic mass is 16.5. The van der Waals surface area contributed by atoms with Crippen LogP contribution in [0, 0.1) is 13.8 Å². The first-order valence-corrected chi connectivity index (χ1v) is 12.3. The third-order valence-electron chi connectivity index (χ3n) is 6.79. The lowest BCUT2D eigenvalue weighted by Crippen LogP contribution is -2.33. The van der Waals surface area contributed by atoms with Gasteiger partial charge in [0, 0.05) is 29.6 Å². The fraction of sp³-hybridized carbons (Fsp3) is 0.462. The minimum absolute atomic E-state index is 0.0826. The Kier molecular flexibility index (Phi) is 6.79. The number of hydrogen-bond acceptors (Lipinski definition) is 7. The van der Waals surface area contributed by atoms with E-state index in [2.05, 4.69) is 45.3 Å². The van der Waals surface area contributed by atoms with E-state index in [1.165, 1.54) is 0 Å². The number of aromatic amines is 1. The molecule has 3 aromatic heterocycles. The Balaban J connectivity index is 1.50. The summed E-state index contributed by atoms with van der Waals surface area (Å²) in [6.45, 7) is 8.61. The number of nitrogens with zero attached hydrogens (tertiary/aromatic N) is 5. The van der Waals surface area contributed by atoms with Gasteiger partial charge < -0.3 is 14.1 Å². The molecule has 184 valence electrons. The van der Waals surface area contributed by atoms with Crippen LogP contribution in [0.3, 0.4) is 0 Å². The molecule has 1 aliphatic heterocycles. The zero-order valence-corrected chi connectivity index (χ0v) is 20.5. The van der Waals surface area contributed by atoms with Crippen molar-refractivity contribution in [2.45, 2.75) is 71.8 Å². The Morgan fingerprint density at radius 1 is 1.26 bits per heavy atom. The molecule has 2 atom stereocenters. The van der Waals surface area contributed by atoms with E-state index in [1.54, 1.807) is 6.26 Å². The summed E-state index contributed by atoms with van der Waals surface area (Å²) in [5, 5.41) is 13.7. The van der Waals surface area contributed by atoms with Crippen molar-refractivity contribution in [1.82, 2.24) is 30.1 Å². The molecule has 35 heavy (non-hydrogen) atoms. The molecule has 0 radical (unpaired) electrons. The number of pyridine rings is 1. The smallest absolute Gasteiger partial charge is 0.252 e. The van der Waals surface area contributed by atoms with Crippen molar-refractivity contribution in [3.63, 3.8) is 0 Å². The summed E-state index contributed by atoms with van der Waals surface area (Å²) in [7, 11) is 0. The molecule has 9 heteroatoms. The lowest BCUT2D eigenvalue weighted by molar-refractivity contribution is 0.0882. The van der Waals surface area contributed by atoms with Gasteiger partial charge in [-0.25, -0.2) is 4.68 Å². The maximum atomic E-state index is 13.1. The van der Waals surface area contributed by atoms with Gasteiger partial charge >= 0.3 is 0 Å². The topological polar surface area (TPSA) is 102 Å². The fourth-order valence-electron chi connectivity index (χ4n) is 5.10. The summed E-state index contributed by atoms with van der Waals surface area (Å²) in [5.74, 6) is 1.60. The van der Waals surface area contributed by atoms with Gasteiger partial charge in [-0.05, 0) is 78.9 Å². The largest absolute Gasteiger partial charge is 0.468 e. The van der Waals surface area contributed by atoms with Gasteiger partial charge in [0.15, 0.2) is 5.82 Å². The van der Waals surface area contributed by atoms with Crippen molar-refractivity contribution < 1.29 is 9.15 Å². The molecule has 1 N–H and O–H groups in total. The molecule has 0 unspecified atom stereocenters. The number of fused-ring (bicyclic) bond motifs is 1. The van der Waals surface area contributed by atoms with Crippen LogP contribution in [0.15, 0.2) is 45.8 Å². The maximum absolute atomic E-state index is 13.1. The first-order valence-electron chi connectivity index (χ1n) is 12.3. The van der Waals surface area contributed by atoms with E-state index in [1.807, 2.05) is 35.9 Å². The Bertz CT molecular complexity index is 1340. The molecule has 4 aromatic rings. The lowest BCUT2D eigenvalue weighted by Gasteiger charge is -2.29. The number of H-pyrrole nitrogens is 1. The van der Waals surface area contributed by atoms with Crippen LogP contribution in [0.1, 0.15) is 60.5 Å². The molecular formula is C26H32N6O3. The van der Waals surface area contributed by atoms with Gasteiger partial charge in [0.2, 0.25) is 0 Å². The van der Waals surface area contributed by atoms with Crippen LogP contribution in [-0.4, -0.2) is 42.8 Å².